The predicted octanol–water partition coefficient (Wildman–Crippen LogP) is 4.06. The smallest absolute Gasteiger partial charge is 0.257 e. The molecule has 1 amide bonds. The van der Waals surface area contributed by atoms with Crippen LogP contribution < -0.4 is 0 Å². The van der Waals surface area contributed by atoms with Crippen LogP contribution in [0.5, 0.6) is 0 Å². The van der Waals surface area contributed by atoms with Crippen molar-refractivity contribution in [2.45, 2.75) is 29.9 Å². The number of thioether (sulfide) groups is 1. The van der Waals surface area contributed by atoms with Gasteiger partial charge in [-0.1, -0.05) is 42.1 Å². The molecule has 2 aliphatic heterocycles. The number of hydrogen-bond donors (Lipinski definition) is 0. The SMILES string of the molecule is O=C(c1ccccc1CSc1nc2ccccc2o1)N1CCN(CC2CCCO2)CC1. The lowest BCUT2D eigenvalue weighted by molar-refractivity contribution is 0.0432. The van der Waals surface area contributed by atoms with Gasteiger partial charge in [0.25, 0.3) is 11.1 Å². The fraction of sp³-hybridized carbons (Fsp3) is 0.417. The minimum absolute atomic E-state index is 0.116. The first-order valence-electron chi connectivity index (χ1n) is 11.0. The molecule has 0 spiro atoms. The van der Waals surface area contributed by atoms with Crippen LogP contribution in [0.3, 0.4) is 0 Å². The highest BCUT2D eigenvalue weighted by molar-refractivity contribution is 7.98. The summed E-state index contributed by atoms with van der Waals surface area (Å²) < 4.78 is 11.6. The third-order valence-corrected chi connectivity index (χ3v) is 6.90. The number of piperazine rings is 1. The summed E-state index contributed by atoms with van der Waals surface area (Å²) in [5.41, 5.74) is 3.44. The molecule has 3 heterocycles. The minimum Gasteiger partial charge on any atom is -0.431 e. The molecule has 0 N–H and O–H groups in total. The largest absolute Gasteiger partial charge is 0.431 e. The Kier molecular flexibility index (Phi) is 6.25. The van der Waals surface area contributed by atoms with Crippen molar-refractivity contribution in [3.63, 3.8) is 0 Å². The number of para-hydroxylation sites is 2. The van der Waals surface area contributed by atoms with Crippen LogP contribution in [0.15, 0.2) is 58.2 Å². The lowest BCUT2D eigenvalue weighted by Gasteiger charge is -2.36. The number of oxazole rings is 1. The first kappa shape index (κ1) is 20.5. The van der Waals surface area contributed by atoms with E-state index in [9.17, 15) is 4.79 Å². The highest BCUT2D eigenvalue weighted by Crippen LogP contribution is 2.28. The molecule has 1 unspecified atom stereocenters. The molecule has 5 rings (SSSR count). The van der Waals surface area contributed by atoms with Crippen molar-refractivity contribution < 1.29 is 13.9 Å². The van der Waals surface area contributed by atoms with E-state index in [1.54, 1.807) is 0 Å². The van der Waals surface area contributed by atoms with Gasteiger partial charge < -0.3 is 14.1 Å². The number of aromatic nitrogens is 1. The van der Waals surface area contributed by atoms with Crippen LogP contribution in [-0.4, -0.2) is 66.1 Å². The quantitative estimate of drug-likeness (QED) is 0.542. The van der Waals surface area contributed by atoms with Crippen LogP contribution in [0.1, 0.15) is 28.8 Å². The molecule has 0 aliphatic carbocycles. The summed E-state index contributed by atoms with van der Waals surface area (Å²) in [5, 5.41) is 0.631. The monoisotopic (exact) mass is 437 g/mol. The standard InChI is InChI=1S/C24H27N3O3S/c28-23(27-13-11-26(12-14-27)16-19-7-5-15-29-19)20-8-2-1-6-18(20)17-31-24-25-21-9-3-4-10-22(21)30-24/h1-4,6,8-10,19H,5,7,11-17H2. The first-order chi connectivity index (χ1) is 15.3. The Morgan fingerprint density at radius 3 is 2.68 bits per heavy atom. The highest BCUT2D eigenvalue weighted by Gasteiger charge is 2.26. The van der Waals surface area contributed by atoms with Gasteiger partial charge in [-0.05, 0) is 36.6 Å². The Hall–Kier alpha value is -2.35. The second kappa shape index (κ2) is 9.42. The molecule has 0 saturated carbocycles. The van der Waals surface area contributed by atoms with Gasteiger partial charge in [-0.15, -0.1) is 0 Å². The van der Waals surface area contributed by atoms with Crippen molar-refractivity contribution >= 4 is 28.8 Å². The van der Waals surface area contributed by atoms with Crippen molar-refractivity contribution in [2.75, 3.05) is 39.3 Å². The van der Waals surface area contributed by atoms with Crippen molar-refractivity contribution in [1.82, 2.24) is 14.8 Å². The van der Waals surface area contributed by atoms with E-state index >= 15 is 0 Å². The summed E-state index contributed by atoms with van der Waals surface area (Å²) >= 11 is 1.52. The van der Waals surface area contributed by atoms with E-state index < -0.39 is 0 Å². The van der Waals surface area contributed by atoms with Gasteiger partial charge in [0.1, 0.15) is 5.52 Å². The van der Waals surface area contributed by atoms with Gasteiger partial charge in [-0.3, -0.25) is 9.69 Å². The first-order valence-corrected chi connectivity index (χ1v) is 11.9. The summed E-state index contributed by atoms with van der Waals surface area (Å²) in [4.78, 5) is 22.2. The molecule has 3 aromatic rings. The van der Waals surface area contributed by atoms with Crippen molar-refractivity contribution in [1.29, 1.82) is 0 Å². The molecule has 1 atom stereocenters. The second-order valence-electron chi connectivity index (χ2n) is 8.12. The topological polar surface area (TPSA) is 58.8 Å². The molecular formula is C24H27N3O3S. The van der Waals surface area contributed by atoms with E-state index in [0.717, 1.165) is 68.0 Å². The molecule has 2 aliphatic rings. The number of amides is 1. The van der Waals surface area contributed by atoms with Crippen LogP contribution in [0.25, 0.3) is 11.1 Å². The zero-order valence-corrected chi connectivity index (χ0v) is 18.4. The fourth-order valence-electron chi connectivity index (χ4n) is 4.29. The molecular weight excluding hydrogens is 410 g/mol. The van der Waals surface area contributed by atoms with E-state index in [2.05, 4.69) is 9.88 Å². The molecule has 31 heavy (non-hydrogen) atoms. The molecule has 6 nitrogen and oxygen atoms in total. The molecule has 2 fully saturated rings. The molecule has 0 bridgehead atoms. The fourth-order valence-corrected chi connectivity index (χ4v) is 5.13. The maximum absolute atomic E-state index is 13.3. The Labute approximate surface area is 186 Å². The van der Waals surface area contributed by atoms with E-state index in [4.69, 9.17) is 9.15 Å². The predicted molar refractivity (Wildman–Crippen MR) is 121 cm³/mol. The van der Waals surface area contributed by atoms with Crippen molar-refractivity contribution in [3.8, 4) is 0 Å². The zero-order chi connectivity index (χ0) is 21.0. The Bertz CT molecular complexity index is 1010. The highest BCUT2D eigenvalue weighted by atomic mass is 32.2. The molecule has 162 valence electrons. The van der Waals surface area contributed by atoms with Crippen LogP contribution in [0.4, 0.5) is 0 Å². The number of benzene rings is 2. The number of carbonyl (C=O) groups is 1. The van der Waals surface area contributed by atoms with Gasteiger partial charge >= 0.3 is 0 Å². The number of hydrogen-bond acceptors (Lipinski definition) is 6. The number of nitrogens with zero attached hydrogens (tertiary/aromatic N) is 3. The normalized spacial score (nSPS) is 19.9. The zero-order valence-electron chi connectivity index (χ0n) is 17.5. The van der Waals surface area contributed by atoms with E-state index in [0.29, 0.717) is 17.1 Å². The van der Waals surface area contributed by atoms with Crippen LogP contribution in [0, 0.1) is 0 Å². The summed E-state index contributed by atoms with van der Waals surface area (Å²) in [6.45, 7) is 5.22. The molecule has 2 aromatic carbocycles. The van der Waals surface area contributed by atoms with Gasteiger partial charge in [-0.25, -0.2) is 4.98 Å². The maximum Gasteiger partial charge on any atom is 0.257 e. The van der Waals surface area contributed by atoms with Crippen LogP contribution in [0.2, 0.25) is 0 Å². The lowest BCUT2D eigenvalue weighted by atomic mass is 10.1. The van der Waals surface area contributed by atoms with Gasteiger partial charge in [0.05, 0.1) is 6.10 Å². The van der Waals surface area contributed by atoms with Crippen molar-refractivity contribution in [2.24, 2.45) is 0 Å². The summed E-state index contributed by atoms with van der Waals surface area (Å²) in [5.74, 6) is 0.763. The molecule has 0 radical (unpaired) electrons. The van der Waals surface area contributed by atoms with E-state index in [1.165, 1.54) is 18.2 Å². The summed E-state index contributed by atoms with van der Waals surface area (Å²) in [6.07, 6.45) is 2.69. The number of fused-ring (bicyclic) bond motifs is 1. The average Bonchev–Trinajstić information content (AvgIpc) is 3.47. The number of ether oxygens (including phenoxy) is 1. The summed E-state index contributed by atoms with van der Waals surface area (Å²) in [6, 6.07) is 15.6. The Balaban J connectivity index is 1.21. The van der Waals surface area contributed by atoms with Gasteiger partial charge in [0.2, 0.25) is 0 Å². The van der Waals surface area contributed by atoms with Gasteiger partial charge in [0.15, 0.2) is 5.58 Å². The molecule has 1 aromatic heterocycles. The molecule has 7 heteroatoms. The Morgan fingerprint density at radius 1 is 1.06 bits per heavy atom. The molecule has 2 saturated heterocycles. The minimum atomic E-state index is 0.116. The van der Waals surface area contributed by atoms with Crippen LogP contribution in [-0.2, 0) is 10.5 Å². The van der Waals surface area contributed by atoms with Crippen LogP contribution >= 0.6 is 11.8 Å². The number of rotatable bonds is 6. The van der Waals surface area contributed by atoms with Gasteiger partial charge in [0, 0.05) is 50.6 Å². The maximum atomic E-state index is 13.3. The van der Waals surface area contributed by atoms with Crippen molar-refractivity contribution in [3.05, 3.63) is 59.7 Å². The third-order valence-electron chi connectivity index (χ3n) is 6.02. The summed E-state index contributed by atoms with van der Waals surface area (Å²) in [7, 11) is 0. The average molecular weight is 438 g/mol. The third kappa shape index (κ3) is 4.79. The van der Waals surface area contributed by atoms with Gasteiger partial charge in [-0.2, -0.15) is 0 Å². The van der Waals surface area contributed by atoms with E-state index in [-0.39, 0.29) is 5.91 Å². The Morgan fingerprint density at radius 2 is 1.87 bits per heavy atom. The number of carbonyl (C=O) groups excluding carboxylic acids is 1. The lowest BCUT2D eigenvalue weighted by Crippen LogP contribution is -2.50. The second-order valence-corrected chi connectivity index (χ2v) is 9.05. The van der Waals surface area contributed by atoms with E-state index in [1.807, 2.05) is 53.4 Å².